The van der Waals surface area contributed by atoms with E-state index >= 15 is 0 Å². The number of carbonyl (C=O) groups excluding carboxylic acids is 2. The highest BCUT2D eigenvalue weighted by atomic mass is 16.5. The molecule has 0 radical (unpaired) electrons. The lowest BCUT2D eigenvalue weighted by molar-refractivity contribution is -0.148. The zero-order valence-corrected chi connectivity index (χ0v) is 19.4. The van der Waals surface area contributed by atoms with Crippen molar-refractivity contribution in [1.82, 2.24) is 9.88 Å². The topological polar surface area (TPSA) is 86.6 Å². The van der Waals surface area contributed by atoms with Crippen LogP contribution >= 0.6 is 0 Å². The highest BCUT2D eigenvalue weighted by Gasteiger charge is 2.41. The van der Waals surface area contributed by atoms with Crippen LogP contribution in [0.5, 0.6) is 5.75 Å². The first-order valence-electron chi connectivity index (χ1n) is 11.6. The minimum Gasteiger partial charge on any atom is -0.497 e. The lowest BCUT2D eigenvalue weighted by atomic mass is 9.89. The summed E-state index contributed by atoms with van der Waals surface area (Å²) in [7, 11) is 2.92. The van der Waals surface area contributed by atoms with Crippen molar-refractivity contribution in [1.29, 1.82) is 0 Å². The molecule has 0 bridgehead atoms. The number of ether oxygens (including phenoxy) is 2. The number of hydrogen-bond acceptors (Lipinski definition) is 5. The van der Waals surface area contributed by atoms with Gasteiger partial charge in [0.2, 0.25) is 0 Å². The Morgan fingerprint density at radius 1 is 1.06 bits per heavy atom. The third-order valence-corrected chi connectivity index (χ3v) is 6.42. The van der Waals surface area contributed by atoms with Crippen LogP contribution in [-0.4, -0.2) is 36.2 Å². The Labute approximate surface area is 189 Å². The average Bonchev–Trinajstić information content (AvgIpc) is 3.05. The van der Waals surface area contributed by atoms with Gasteiger partial charge in [0, 0.05) is 12.6 Å². The van der Waals surface area contributed by atoms with Gasteiger partial charge in [0.15, 0.2) is 0 Å². The van der Waals surface area contributed by atoms with Gasteiger partial charge in [0.1, 0.15) is 16.9 Å². The van der Waals surface area contributed by atoms with Gasteiger partial charge in [-0.05, 0) is 42.8 Å². The Morgan fingerprint density at radius 2 is 1.78 bits per heavy atom. The number of amides is 1. The summed E-state index contributed by atoms with van der Waals surface area (Å²) in [4.78, 5) is 39.5. The van der Waals surface area contributed by atoms with Crippen molar-refractivity contribution in [3.63, 3.8) is 0 Å². The first kappa shape index (κ1) is 23.8. The van der Waals surface area contributed by atoms with Gasteiger partial charge in [-0.2, -0.15) is 0 Å². The quantitative estimate of drug-likeness (QED) is 0.376. The summed E-state index contributed by atoms with van der Waals surface area (Å²) in [6.07, 6.45) is 7.55. The van der Waals surface area contributed by atoms with Gasteiger partial charge in [0.05, 0.1) is 19.7 Å². The maximum atomic E-state index is 13.4. The van der Waals surface area contributed by atoms with Gasteiger partial charge in [-0.1, -0.05) is 45.4 Å². The molecule has 0 atom stereocenters. The molecule has 7 heteroatoms. The number of rotatable bonds is 8. The summed E-state index contributed by atoms with van der Waals surface area (Å²) in [5.74, 6) is -0.313. The lowest BCUT2D eigenvalue weighted by Gasteiger charge is -2.31. The molecule has 1 heterocycles. The summed E-state index contributed by atoms with van der Waals surface area (Å²) in [6.45, 7) is 2.62. The van der Waals surface area contributed by atoms with Crippen molar-refractivity contribution in [2.75, 3.05) is 14.2 Å². The number of unbranched alkanes of at least 4 members (excludes halogenated alkanes) is 2. The Morgan fingerprint density at radius 3 is 2.41 bits per heavy atom. The van der Waals surface area contributed by atoms with Crippen LogP contribution in [0, 0.1) is 0 Å². The molecule has 3 rings (SSSR count). The number of nitrogens with one attached hydrogen (secondary N) is 1. The second-order valence-corrected chi connectivity index (χ2v) is 8.59. The van der Waals surface area contributed by atoms with Gasteiger partial charge < -0.3 is 19.4 Å². The molecule has 1 aromatic heterocycles. The molecule has 0 aliphatic heterocycles. The number of nitrogens with zero attached hydrogens (tertiary/aromatic N) is 1. The monoisotopic (exact) mass is 442 g/mol. The van der Waals surface area contributed by atoms with Crippen LogP contribution in [0.4, 0.5) is 0 Å². The smallest absolute Gasteiger partial charge is 0.331 e. The highest BCUT2D eigenvalue weighted by molar-refractivity contribution is 6.00. The second kappa shape index (κ2) is 10.7. The van der Waals surface area contributed by atoms with E-state index in [1.807, 2.05) is 18.2 Å². The molecule has 0 unspecified atom stereocenters. The molecule has 1 aromatic carbocycles. The van der Waals surface area contributed by atoms with Gasteiger partial charge in [-0.15, -0.1) is 0 Å². The van der Waals surface area contributed by atoms with E-state index in [-0.39, 0.29) is 11.1 Å². The molecule has 1 aliphatic carbocycles. The van der Waals surface area contributed by atoms with E-state index in [4.69, 9.17) is 9.47 Å². The number of hydrogen-bond donors (Lipinski definition) is 1. The summed E-state index contributed by atoms with van der Waals surface area (Å²) in [6, 6.07) is 7.10. The number of esters is 1. The molecule has 1 aliphatic rings. The van der Waals surface area contributed by atoms with Crippen LogP contribution in [-0.2, 0) is 16.1 Å². The maximum Gasteiger partial charge on any atom is 0.331 e. The largest absolute Gasteiger partial charge is 0.497 e. The van der Waals surface area contributed by atoms with E-state index in [2.05, 4.69) is 12.2 Å². The number of aryl methyl sites for hydroxylation is 1. The zero-order valence-electron chi connectivity index (χ0n) is 19.4. The number of carbonyl (C=O) groups is 2. The predicted octanol–water partition coefficient (Wildman–Crippen LogP) is 4.20. The van der Waals surface area contributed by atoms with E-state index in [0.29, 0.717) is 25.1 Å². The number of methoxy groups -OCH3 is 2. The second-order valence-electron chi connectivity index (χ2n) is 8.59. The Bertz CT molecular complexity index is 1020. The lowest BCUT2D eigenvalue weighted by Crippen LogP contribution is -2.55. The van der Waals surface area contributed by atoms with Crippen molar-refractivity contribution in [2.24, 2.45) is 0 Å². The number of pyridine rings is 1. The molecule has 2 aromatic rings. The summed E-state index contributed by atoms with van der Waals surface area (Å²) in [5, 5.41) is 3.69. The van der Waals surface area contributed by atoms with E-state index in [1.165, 1.54) is 7.11 Å². The zero-order chi connectivity index (χ0) is 23.1. The molecule has 32 heavy (non-hydrogen) atoms. The number of benzene rings is 1. The molecule has 1 fully saturated rings. The fourth-order valence-electron chi connectivity index (χ4n) is 4.58. The Balaban J connectivity index is 2.04. The first-order valence-corrected chi connectivity index (χ1v) is 11.6. The standard InChI is InChI=1S/C25H34N2O5/c1-4-5-10-15-27-21-17-19(31-2)12-11-18(21)16-20(23(27)29)22(28)26-25(24(30)32-3)13-8-6-7-9-14-25/h11-12,16-17H,4-10,13-15H2,1-3H3,(H,26,28). The molecular weight excluding hydrogens is 408 g/mol. The van der Waals surface area contributed by atoms with E-state index < -0.39 is 17.4 Å². The van der Waals surface area contributed by atoms with Gasteiger partial charge >= 0.3 is 5.97 Å². The minimum absolute atomic E-state index is 0.0479. The van der Waals surface area contributed by atoms with Gasteiger partial charge in [-0.25, -0.2) is 4.79 Å². The fraction of sp³-hybridized carbons (Fsp3) is 0.560. The normalized spacial score (nSPS) is 15.7. The van der Waals surface area contributed by atoms with Crippen LogP contribution in [0.25, 0.3) is 10.9 Å². The van der Waals surface area contributed by atoms with Crippen LogP contribution in [0.2, 0.25) is 0 Å². The highest BCUT2D eigenvalue weighted by Crippen LogP contribution is 2.29. The van der Waals surface area contributed by atoms with Crippen molar-refractivity contribution in [3.05, 3.63) is 40.2 Å². The molecule has 1 N–H and O–H groups in total. The van der Waals surface area contributed by atoms with E-state index in [9.17, 15) is 14.4 Å². The minimum atomic E-state index is -1.09. The summed E-state index contributed by atoms with van der Waals surface area (Å²) < 4.78 is 12.0. The maximum absolute atomic E-state index is 13.4. The van der Waals surface area contributed by atoms with Crippen LogP contribution in [0.1, 0.15) is 75.1 Å². The molecule has 1 saturated carbocycles. The van der Waals surface area contributed by atoms with E-state index in [1.54, 1.807) is 17.7 Å². The molecule has 7 nitrogen and oxygen atoms in total. The fourth-order valence-corrected chi connectivity index (χ4v) is 4.58. The molecule has 0 saturated heterocycles. The van der Waals surface area contributed by atoms with Crippen molar-refractivity contribution in [2.45, 2.75) is 76.8 Å². The molecular formula is C25H34N2O5. The Kier molecular flexibility index (Phi) is 7.94. The van der Waals surface area contributed by atoms with Crippen LogP contribution < -0.4 is 15.6 Å². The molecule has 1 amide bonds. The van der Waals surface area contributed by atoms with Crippen molar-refractivity contribution >= 4 is 22.8 Å². The van der Waals surface area contributed by atoms with Crippen LogP contribution in [0.15, 0.2) is 29.1 Å². The molecule has 0 spiro atoms. The van der Waals surface area contributed by atoms with Crippen molar-refractivity contribution in [3.8, 4) is 5.75 Å². The van der Waals surface area contributed by atoms with Gasteiger partial charge in [0.25, 0.3) is 11.5 Å². The predicted molar refractivity (Wildman–Crippen MR) is 124 cm³/mol. The van der Waals surface area contributed by atoms with Crippen molar-refractivity contribution < 1.29 is 19.1 Å². The number of fused-ring (bicyclic) bond motifs is 1. The van der Waals surface area contributed by atoms with Gasteiger partial charge in [-0.3, -0.25) is 9.59 Å². The third-order valence-electron chi connectivity index (χ3n) is 6.42. The Hall–Kier alpha value is -2.83. The van der Waals surface area contributed by atoms with Crippen LogP contribution in [0.3, 0.4) is 0 Å². The first-order chi connectivity index (χ1) is 15.5. The summed E-state index contributed by atoms with van der Waals surface area (Å²) >= 11 is 0. The number of aromatic nitrogens is 1. The average molecular weight is 443 g/mol. The summed E-state index contributed by atoms with van der Waals surface area (Å²) in [5.41, 5.74) is -0.657. The third kappa shape index (κ3) is 4.97. The SMILES string of the molecule is CCCCCn1c(=O)c(C(=O)NC2(C(=O)OC)CCCCCC2)cc2ccc(OC)cc21. The van der Waals surface area contributed by atoms with E-state index in [0.717, 1.165) is 55.8 Å². The molecule has 174 valence electrons.